The third-order valence-corrected chi connectivity index (χ3v) is 6.28. The van der Waals surface area contributed by atoms with Crippen LogP contribution in [0.4, 0.5) is 0 Å². The lowest BCUT2D eigenvalue weighted by molar-refractivity contribution is -0.241. The molecule has 1 aliphatic rings. The smallest absolute Gasteiger partial charge is 0.232 e. The SMILES string of the molecule is COC1=C(Cl)C(=O)C(C/C=C(\C)CC/C=C(\C)CCC=C(C)C)[C@@H](C)C1(OC)OC. The van der Waals surface area contributed by atoms with E-state index in [9.17, 15) is 4.79 Å². The molecule has 1 aliphatic carbocycles. The van der Waals surface area contributed by atoms with Crippen LogP contribution in [0.25, 0.3) is 0 Å². The number of Topliss-reactive ketones (excluding diaryl/α,β-unsaturated/α-hetero) is 1. The summed E-state index contributed by atoms with van der Waals surface area (Å²) in [4.78, 5) is 12.9. The highest BCUT2D eigenvalue weighted by Crippen LogP contribution is 2.45. The molecule has 0 radical (unpaired) electrons. The minimum absolute atomic E-state index is 0.0604. The molecule has 0 amide bonds. The van der Waals surface area contributed by atoms with Gasteiger partial charge in [0.15, 0.2) is 11.5 Å². The van der Waals surface area contributed by atoms with Gasteiger partial charge >= 0.3 is 0 Å². The van der Waals surface area contributed by atoms with Gasteiger partial charge in [-0.2, -0.15) is 0 Å². The van der Waals surface area contributed by atoms with Crippen LogP contribution in [0.15, 0.2) is 45.7 Å². The van der Waals surface area contributed by atoms with Crippen LogP contribution in [0.1, 0.15) is 66.7 Å². The molecular formula is C25H39ClO4. The predicted octanol–water partition coefficient (Wildman–Crippen LogP) is 6.72. The number of ketones is 1. The van der Waals surface area contributed by atoms with E-state index in [0.29, 0.717) is 6.42 Å². The van der Waals surface area contributed by atoms with Crippen molar-refractivity contribution in [3.63, 3.8) is 0 Å². The molecular weight excluding hydrogens is 400 g/mol. The molecule has 0 aromatic heterocycles. The third-order valence-electron chi connectivity index (χ3n) is 5.93. The molecule has 1 unspecified atom stereocenters. The van der Waals surface area contributed by atoms with Gasteiger partial charge < -0.3 is 14.2 Å². The van der Waals surface area contributed by atoms with Crippen molar-refractivity contribution < 1.29 is 19.0 Å². The van der Waals surface area contributed by atoms with Crippen molar-refractivity contribution in [3.05, 3.63) is 45.7 Å². The molecule has 170 valence electrons. The van der Waals surface area contributed by atoms with Crippen LogP contribution in [0.5, 0.6) is 0 Å². The molecule has 0 aromatic carbocycles. The Kier molecular flexibility index (Phi) is 11.1. The Hall–Kier alpha value is -1.36. The minimum atomic E-state index is -1.16. The number of hydrogen-bond acceptors (Lipinski definition) is 4. The lowest BCUT2D eigenvalue weighted by Crippen LogP contribution is -2.52. The van der Waals surface area contributed by atoms with Crippen LogP contribution in [-0.2, 0) is 19.0 Å². The van der Waals surface area contributed by atoms with Gasteiger partial charge in [0.2, 0.25) is 5.79 Å². The second kappa shape index (κ2) is 12.5. The second-order valence-corrected chi connectivity index (χ2v) is 8.76. The first-order chi connectivity index (χ1) is 14.1. The van der Waals surface area contributed by atoms with Gasteiger partial charge in [-0.1, -0.05) is 53.5 Å². The van der Waals surface area contributed by atoms with Gasteiger partial charge in [-0.3, -0.25) is 4.79 Å². The van der Waals surface area contributed by atoms with Crippen LogP contribution in [0, 0.1) is 11.8 Å². The van der Waals surface area contributed by atoms with Crippen LogP contribution in [-0.4, -0.2) is 32.9 Å². The third kappa shape index (κ3) is 6.57. The fraction of sp³-hybridized carbons (Fsp3) is 0.640. The summed E-state index contributed by atoms with van der Waals surface area (Å²) in [6, 6.07) is 0. The first-order valence-corrected chi connectivity index (χ1v) is 11.1. The number of hydrogen-bond donors (Lipinski definition) is 0. The molecule has 0 N–H and O–H groups in total. The summed E-state index contributed by atoms with van der Waals surface area (Å²) in [6.45, 7) is 10.5. The maximum atomic E-state index is 12.9. The Labute approximate surface area is 188 Å². The molecule has 0 saturated heterocycles. The van der Waals surface area contributed by atoms with Gasteiger partial charge in [0.05, 0.1) is 7.11 Å². The van der Waals surface area contributed by atoms with Crippen molar-refractivity contribution in [1.29, 1.82) is 0 Å². The van der Waals surface area contributed by atoms with Crippen molar-refractivity contribution >= 4 is 17.4 Å². The van der Waals surface area contributed by atoms with Crippen molar-refractivity contribution in [2.45, 2.75) is 72.5 Å². The van der Waals surface area contributed by atoms with E-state index < -0.39 is 5.79 Å². The number of halogens is 1. The van der Waals surface area contributed by atoms with E-state index in [1.54, 1.807) is 14.2 Å². The molecule has 0 heterocycles. The van der Waals surface area contributed by atoms with E-state index in [2.05, 4.69) is 45.9 Å². The second-order valence-electron chi connectivity index (χ2n) is 8.38. The largest absolute Gasteiger partial charge is 0.494 e. The molecule has 4 nitrogen and oxygen atoms in total. The number of methoxy groups -OCH3 is 3. The van der Waals surface area contributed by atoms with Gasteiger partial charge in [0, 0.05) is 26.1 Å². The topological polar surface area (TPSA) is 44.8 Å². The van der Waals surface area contributed by atoms with Crippen molar-refractivity contribution in [2.24, 2.45) is 11.8 Å². The minimum Gasteiger partial charge on any atom is -0.494 e. The van der Waals surface area contributed by atoms with Crippen LogP contribution >= 0.6 is 11.6 Å². The zero-order valence-electron chi connectivity index (χ0n) is 19.9. The fourth-order valence-corrected chi connectivity index (χ4v) is 4.33. The molecule has 0 saturated carbocycles. The fourth-order valence-electron chi connectivity index (χ4n) is 3.98. The number of allylic oxidation sites excluding steroid dienone is 7. The lowest BCUT2D eigenvalue weighted by atomic mass is 9.75. The Morgan fingerprint density at radius 1 is 0.967 bits per heavy atom. The summed E-state index contributed by atoms with van der Waals surface area (Å²) >= 11 is 6.34. The average molecular weight is 439 g/mol. The van der Waals surface area contributed by atoms with Gasteiger partial charge in [-0.05, 0) is 59.8 Å². The summed E-state index contributed by atoms with van der Waals surface area (Å²) in [6.07, 6.45) is 11.5. The number of carbonyl (C=O) groups excluding carboxylic acids is 1. The van der Waals surface area contributed by atoms with E-state index in [0.717, 1.165) is 25.7 Å². The van der Waals surface area contributed by atoms with Crippen molar-refractivity contribution in [3.8, 4) is 0 Å². The summed E-state index contributed by atoms with van der Waals surface area (Å²) < 4.78 is 16.7. The first-order valence-electron chi connectivity index (χ1n) is 10.7. The summed E-state index contributed by atoms with van der Waals surface area (Å²) in [5, 5.41) is 0.0604. The summed E-state index contributed by atoms with van der Waals surface area (Å²) in [5.41, 5.74) is 4.05. The maximum Gasteiger partial charge on any atom is 0.232 e. The van der Waals surface area contributed by atoms with Gasteiger partial charge in [0.25, 0.3) is 0 Å². The number of ether oxygens (including phenoxy) is 3. The first kappa shape index (κ1) is 26.7. The van der Waals surface area contributed by atoms with E-state index >= 15 is 0 Å². The lowest BCUT2D eigenvalue weighted by Gasteiger charge is -2.43. The number of rotatable bonds is 11. The average Bonchev–Trinajstić information content (AvgIpc) is 2.70. The Morgan fingerprint density at radius 2 is 1.50 bits per heavy atom. The summed E-state index contributed by atoms with van der Waals surface area (Å²) in [7, 11) is 4.57. The molecule has 1 rings (SSSR count). The molecule has 0 aromatic rings. The Balaban J connectivity index is 2.80. The monoisotopic (exact) mass is 438 g/mol. The highest BCUT2D eigenvalue weighted by molar-refractivity contribution is 6.43. The van der Waals surface area contributed by atoms with E-state index in [4.69, 9.17) is 25.8 Å². The normalized spacial score (nSPS) is 22.4. The van der Waals surface area contributed by atoms with Crippen LogP contribution < -0.4 is 0 Å². The molecule has 5 heteroatoms. The molecule has 0 spiro atoms. The van der Waals surface area contributed by atoms with E-state index in [1.165, 1.54) is 23.8 Å². The van der Waals surface area contributed by atoms with Crippen LogP contribution in [0.3, 0.4) is 0 Å². The standard InChI is InChI=1S/C25H39ClO4/c1-17(2)11-9-12-18(3)13-10-14-19(4)15-16-21-20(5)25(29-7,30-8)24(28-6)22(26)23(21)27/h11,13,15,20-21H,9-10,12,14,16H2,1-8H3/b18-13+,19-15+/t20-,21?/m1/s1. The van der Waals surface area contributed by atoms with Crippen molar-refractivity contribution in [2.75, 3.05) is 21.3 Å². The predicted molar refractivity (Wildman–Crippen MR) is 124 cm³/mol. The van der Waals surface area contributed by atoms with Gasteiger partial charge in [0.1, 0.15) is 5.03 Å². The highest BCUT2D eigenvalue weighted by Gasteiger charge is 2.53. The molecule has 0 bridgehead atoms. The van der Waals surface area contributed by atoms with E-state index in [1.807, 2.05) is 6.92 Å². The zero-order valence-corrected chi connectivity index (χ0v) is 20.7. The van der Waals surface area contributed by atoms with Gasteiger partial charge in [-0.25, -0.2) is 0 Å². The zero-order chi connectivity index (χ0) is 22.9. The van der Waals surface area contributed by atoms with Gasteiger partial charge in [-0.15, -0.1) is 0 Å². The molecule has 0 fully saturated rings. The quantitative estimate of drug-likeness (QED) is 0.265. The Morgan fingerprint density at radius 3 is 2.00 bits per heavy atom. The molecule has 2 atom stereocenters. The molecule has 30 heavy (non-hydrogen) atoms. The number of carbonyl (C=O) groups is 1. The van der Waals surface area contributed by atoms with Crippen LogP contribution in [0.2, 0.25) is 0 Å². The van der Waals surface area contributed by atoms with Crippen molar-refractivity contribution in [1.82, 2.24) is 0 Å². The summed E-state index contributed by atoms with van der Waals surface area (Å²) in [5.74, 6) is -1.59. The maximum absolute atomic E-state index is 12.9. The highest BCUT2D eigenvalue weighted by atomic mass is 35.5. The van der Waals surface area contributed by atoms with E-state index in [-0.39, 0.29) is 28.4 Å². The molecule has 0 aliphatic heterocycles. The Bertz CT molecular complexity index is 707.